The molecule has 5 aromatic rings. The summed E-state index contributed by atoms with van der Waals surface area (Å²) in [5, 5.41) is 10.4. The van der Waals surface area contributed by atoms with Crippen LogP contribution in [0.4, 0.5) is 0 Å². The lowest BCUT2D eigenvalue weighted by atomic mass is 10.0. The normalized spacial score (nSPS) is 10.6. The van der Waals surface area contributed by atoms with Crippen LogP contribution in [-0.4, -0.2) is 55.2 Å². The molecular formula is C50H52O11. The van der Waals surface area contributed by atoms with E-state index in [0.29, 0.717) is 71.9 Å². The van der Waals surface area contributed by atoms with E-state index in [-0.39, 0.29) is 17.1 Å². The zero-order chi connectivity index (χ0) is 43.1. The number of esters is 3. The molecule has 0 radical (unpaired) electrons. The van der Waals surface area contributed by atoms with Crippen LogP contribution in [0.25, 0.3) is 0 Å². The van der Waals surface area contributed by atoms with Crippen molar-refractivity contribution in [2.45, 2.75) is 64.2 Å². The molecule has 0 aliphatic rings. The fourth-order valence-electron chi connectivity index (χ4n) is 6.09. The summed E-state index contributed by atoms with van der Waals surface area (Å²) in [5.74, 6) is 0.663. The van der Waals surface area contributed by atoms with Crippen LogP contribution in [0.15, 0.2) is 134 Å². The van der Waals surface area contributed by atoms with Gasteiger partial charge in [-0.25, -0.2) is 14.4 Å². The first-order valence-corrected chi connectivity index (χ1v) is 20.6. The minimum atomic E-state index is -0.531. The van der Waals surface area contributed by atoms with Gasteiger partial charge in [-0.3, -0.25) is 4.79 Å². The first kappa shape index (κ1) is 45.2. The van der Waals surface area contributed by atoms with Crippen molar-refractivity contribution in [3.8, 4) is 34.5 Å². The Kier molecular flexibility index (Phi) is 18.5. The van der Waals surface area contributed by atoms with Crippen molar-refractivity contribution in [2.75, 3.05) is 26.4 Å². The van der Waals surface area contributed by atoms with E-state index in [0.717, 1.165) is 70.3 Å². The molecule has 0 heterocycles. The van der Waals surface area contributed by atoms with E-state index >= 15 is 0 Å². The zero-order valence-corrected chi connectivity index (χ0v) is 34.3. The van der Waals surface area contributed by atoms with Gasteiger partial charge in [0.25, 0.3) is 0 Å². The largest absolute Gasteiger partial charge is 0.507 e. The fourth-order valence-corrected chi connectivity index (χ4v) is 6.09. The van der Waals surface area contributed by atoms with Crippen molar-refractivity contribution >= 4 is 23.7 Å². The number of hydrogen-bond donors (Lipinski definition) is 1. The van der Waals surface area contributed by atoms with Gasteiger partial charge >= 0.3 is 17.9 Å². The average Bonchev–Trinajstić information content (AvgIpc) is 3.29. The summed E-state index contributed by atoms with van der Waals surface area (Å²) in [6, 6.07) is 33.4. The SMILES string of the molecule is C=CC(=O)OCCCCCCOc1ccc(C(=O)Oc2ccc(OC(=O)c3ccc(OCCCCCCCCOc4ccc(C(=O)c5ccccc5)c(O)c4)cc3)cc2)cc1. The molecule has 0 fully saturated rings. The Balaban J connectivity index is 0.894. The molecule has 0 bridgehead atoms. The van der Waals surface area contributed by atoms with Crippen molar-refractivity contribution in [2.24, 2.45) is 0 Å². The predicted octanol–water partition coefficient (Wildman–Crippen LogP) is 10.5. The summed E-state index contributed by atoms with van der Waals surface area (Å²) in [4.78, 5) is 49.1. The molecule has 0 amide bonds. The summed E-state index contributed by atoms with van der Waals surface area (Å²) < 4.78 is 33.3. The molecular weight excluding hydrogens is 777 g/mol. The molecule has 0 aliphatic heterocycles. The van der Waals surface area contributed by atoms with Crippen molar-refractivity contribution in [1.82, 2.24) is 0 Å². The number of phenolic OH excluding ortho intramolecular Hbond substituents is 1. The number of carbonyl (C=O) groups is 4. The van der Waals surface area contributed by atoms with Gasteiger partial charge in [-0.1, -0.05) is 62.6 Å². The van der Waals surface area contributed by atoms with E-state index in [4.69, 9.17) is 28.4 Å². The maximum absolute atomic E-state index is 12.8. The minimum absolute atomic E-state index is 0.0932. The second-order valence-electron chi connectivity index (χ2n) is 14.1. The van der Waals surface area contributed by atoms with Gasteiger partial charge in [0, 0.05) is 17.7 Å². The molecule has 0 aromatic heterocycles. The maximum atomic E-state index is 12.8. The molecule has 318 valence electrons. The second kappa shape index (κ2) is 24.9. The number of aromatic hydroxyl groups is 1. The lowest BCUT2D eigenvalue weighted by molar-refractivity contribution is -0.137. The third kappa shape index (κ3) is 15.7. The number of benzene rings is 5. The van der Waals surface area contributed by atoms with Crippen LogP contribution in [0.5, 0.6) is 34.5 Å². The first-order chi connectivity index (χ1) is 29.8. The van der Waals surface area contributed by atoms with Crippen molar-refractivity contribution in [1.29, 1.82) is 0 Å². The van der Waals surface area contributed by atoms with Crippen molar-refractivity contribution in [3.63, 3.8) is 0 Å². The number of phenols is 1. The topological polar surface area (TPSA) is 144 Å². The highest BCUT2D eigenvalue weighted by atomic mass is 16.5. The number of hydrogen-bond acceptors (Lipinski definition) is 11. The van der Waals surface area contributed by atoms with E-state index < -0.39 is 17.9 Å². The summed E-state index contributed by atoms with van der Waals surface area (Å²) in [7, 11) is 0. The number of unbranched alkanes of at least 4 members (excludes halogenated alkanes) is 8. The van der Waals surface area contributed by atoms with Gasteiger partial charge in [-0.15, -0.1) is 0 Å². The minimum Gasteiger partial charge on any atom is -0.507 e. The molecule has 0 saturated heterocycles. The van der Waals surface area contributed by atoms with Crippen LogP contribution >= 0.6 is 0 Å². The Hall–Kier alpha value is -6.88. The average molecular weight is 829 g/mol. The van der Waals surface area contributed by atoms with E-state index in [1.807, 2.05) is 6.07 Å². The van der Waals surface area contributed by atoms with Gasteiger partial charge in [-0.2, -0.15) is 0 Å². The van der Waals surface area contributed by atoms with Gasteiger partial charge in [0.05, 0.1) is 43.1 Å². The van der Waals surface area contributed by atoms with E-state index in [9.17, 15) is 24.3 Å². The lowest BCUT2D eigenvalue weighted by Crippen LogP contribution is -2.09. The van der Waals surface area contributed by atoms with E-state index in [1.54, 1.807) is 109 Å². The zero-order valence-electron chi connectivity index (χ0n) is 34.3. The van der Waals surface area contributed by atoms with Crippen molar-refractivity contribution in [3.05, 3.63) is 156 Å². The Morgan fingerprint density at radius 1 is 0.459 bits per heavy atom. The maximum Gasteiger partial charge on any atom is 0.343 e. The second-order valence-corrected chi connectivity index (χ2v) is 14.1. The van der Waals surface area contributed by atoms with Crippen LogP contribution in [0.1, 0.15) is 101 Å². The summed E-state index contributed by atoms with van der Waals surface area (Å²) in [6.45, 7) is 5.38. The molecule has 0 aliphatic carbocycles. The van der Waals surface area contributed by atoms with Crippen LogP contribution < -0.4 is 23.7 Å². The highest BCUT2D eigenvalue weighted by Gasteiger charge is 2.15. The molecule has 0 atom stereocenters. The summed E-state index contributed by atoms with van der Waals surface area (Å²) in [5.41, 5.74) is 1.50. The van der Waals surface area contributed by atoms with Crippen molar-refractivity contribution < 1.29 is 52.7 Å². The molecule has 0 spiro atoms. The quantitative estimate of drug-likeness (QED) is 0.0187. The first-order valence-electron chi connectivity index (χ1n) is 20.6. The molecule has 5 aromatic carbocycles. The number of ketones is 1. The highest BCUT2D eigenvalue weighted by Crippen LogP contribution is 2.27. The Bertz CT molecular complexity index is 2150. The van der Waals surface area contributed by atoms with Crippen LogP contribution in [0.3, 0.4) is 0 Å². The molecule has 0 saturated carbocycles. The van der Waals surface area contributed by atoms with Gasteiger partial charge in [0.1, 0.15) is 34.5 Å². The fraction of sp³-hybridized carbons (Fsp3) is 0.280. The van der Waals surface area contributed by atoms with Crippen LogP contribution in [0.2, 0.25) is 0 Å². The standard InChI is InChI=1S/C50H52O11/c1-2-47(52)59-35-15-8-7-14-33-57-41-24-20-39(21-25-41)50(55)61-43-28-26-42(27-29-43)60-49(54)38-18-22-40(23-19-38)56-32-12-5-3-4-6-13-34-58-44-30-31-45(46(51)36-44)48(53)37-16-10-9-11-17-37/h2,9-11,16-31,36,51H,1,3-8,12-15,32-35H2. The molecule has 0 unspecified atom stereocenters. The summed E-state index contributed by atoms with van der Waals surface area (Å²) in [6.07, 6.45) is 10.6. The predicted molar refractivity (Wildman–Crippen MR) is 231 cm³/mol. The number of rotatable bonds is 26. The Morgan fingerprint density at radius 3 is 1.33 bits per heavy atom. The van der Waals surface area contributed by atoms with Gasteiger partial charge in [0.2, 0.25) is 0 Å². The van der Waals surface area contributed by atoms with Crippen LogP contribution in [-0.2, 0) is 9.53 Å². The number of carbonyl (C=O) groups excluding carboxylic acids is 4. The molecule has 11 heteroatoms. The van der Waals surface area contributed by atoms with E-state index in [2.05, 4.69) is 6.58 Å². The van der Waals surface area contributed by atoms with E-state index in [1.165, 1.54) is 6.07 Å². The summed E-state index contributed by atoms with van der Waals surface area (Å²) >= 11 is 0. The highest BCUT2D eigenvalue weighted by molar-refractivity contribution is 6.10. The lowest BCUT2D eigenvalue weighted by Gasteiger charge is -2.09. The van der Waals surface area contributed by atoms with Gasteiger partial charge in [-0.05, 0) is 123 Å². The third-order valence-corrected chi connectivity index (χ3v) is 9.47. The molecule has 1 N–H and O–H groups in total. The van der Waals surface area contributed by atoms with Gasteiger partial charge in [0.15, 0.2) is 5.78 Å². The third-order valence-electron chi connectivity index (χ3n) is 9.47. The Labute approximate surface area is 356 Å². The van der Waals surface area contributed by atoms with Gasteiger partial charge < -0.3 is 33.5 Å². The smallest absolute Gasteiger partial charge is 0.343 e. The van der Waals surface area contributed by atoms with Crippen LogP contribution in [0, 0.1) is 0 Å². The molecule has 5 rings (SSSR count). The monoisotopic (exact) mass is 828 g/mol. The molecule has 61 heavy (non-hydrogen) atoms. The Morgan fingerprint density at radius 2 is 0.869 bits per heavy atom. The molecule has 11 nitrogen and oxygen atoms in total. The number of ether oxygens (including phenoxy) is 6.